The van der Waals surface area contributed by atoms with Crippen LogP contribution in [0.3, 0.4) is 0 Å². The number of benzene rings is 4. The van der Waals surface area contributed by atoms with E-state index in [1.165, 1.54) is 72.8 Å². The molecule has 18 nitrogen and oxygen atoms in total. The summed E-state index contributed by atoms with van der Waals surface area (Å²) in [6, 6.07) is 21.9. The van der Waals surface area contributed by atoms with Crippen molar-refractivity contribution in [3.8, 4) is 11.5 Å². The monoisotopic (exact) mass is 764 g/mol. The van der Waals surface area contributed by atoms with E-state index in [1.807, 2.05) is 5.32 Å². The first-order valence-corrected chi connectivity index (χ1v) is 17.4. The Kier molecular flexibility index (Phi) is 13.3. The minimum absolute atomic E-state index is 0.136. The van der Waals surface area contributed by atoms with E-state index < -0.39 is 52.2 Å². The van der Waals surface area contributed by atoms with Gasteiger partial charge in [-0.2, -0.15) is 37.3 Å². The van der Waals surface area contributed by atoms with Gasteiger partial charge in [0.25, 0.3) is 20.2 Å². The minimum atomic E-state index is -4.19. The third-order valence-corrected chi connectivity index (χ3v) is 7.80. The Hall–Kier alpha value is -5.80. The molecule has 0 bridgehead atoms. The highest BCUT2D eigenvalue weighted by molar-refractivity contribution is 7.86. The molecule has 9 N–H and O–H groups in total. The van der Waals surface area contributed by atoms with Crippen LogP contribution < -0.4 is 16.4 Å². The number of azo groups is 2. The summed E-state index contributed by atoms with van der Waals surface area (Å²) in [4.78, 5) is 13.3. The quantitative estimate of drug-likeness (QED) is 0.0325. The zero-order chi connectivity index (χ0) is 43.7. The number of phenols is 2. The van der Waals surface area contributed by atoms with E-state index in [-0.39, 0.29) is 34.3 Å². The first-order chi connectivity index (χ1) is 26.8. The van der Waals surface area contributed by atoms with Gasteiger partial charge in [-0.3, -0.25) is 18.9 Å². The number of carboxylic acids is 1. The second-order valence-electron chi connectivity index (χ2n) is 9.97. The fourth-order valence-electron chi connectivity index (χ4n) is 3.40. The first kappa shape index (κ1) is 33.3. The van der Waals surface area contributed by atoms with E-state index >= 15 is 0 Å². The predicted octanol–water partition coefficient (Wildman–Crippen LogP) is 5.08. The molecule has 4 rings (SSSR count). The highest BCUT2D eigenvalue weighted by atomic mass is 32.2. The highest BCUT2D eigenvalue weighted by Crippen LogP contribution is 2.23. The molecule has 20 heteroatoms. The third-order valence-electron chi connectivity index (χ3n) is 6.06. The van der Waals surface area contributed by atoms with Gasteiger partial charge in [-0.05, 0) is 110 Å². The summed E-state index contributed by atoms with van der Waals surface area (Å²) in [6.45, 7) is -5.13. The minimum Gasteiger partial charge on any atom is -0.508 e. The van der Waals surface area contributed by atoms with Crippen LogP contribution in [0.1, 0.15) is 21.1 Å². The molecule has 4 aromatic rings. The predicted molar refractivity (Wildman–Crippen MR) is 192 cm³/mol. The van der Waals surface area contributed by atoms with E-state index in [2.05, 4.69) is 30.8 Å². The zero-order valence-corrected chi connectivity index (χ0v) is 28.5. The Bertz CT molecular complexity index is 2120. The van der Waals surface area contributed by atoms with Gasteiger partial charge in [-0.25, -0.2) is 0 Å². The summed E-state index contributed by atoms with van der Waals surface area (Å²) in [7, 11) is -8.38. The van der Waals surface area contributed by atoms with Gasteiger partial charge in [0.15, 0.2) is 5.96 Å². The van der Waals surface area contributed by atoms with Gasteiger partial charge >= 0.3 is 5.97 Å². The molecule has 0 amide bonds. The number of carboxylic acid groups (broad SMARTS) is 1. The summed E-state index contributed by atoms with van der Waals surface area (Å²) in [5.74, 6) is -1.26. The Balaban J connectivity index is 0.000000300. The number of nitrogens with zero attached hydrogens (tertiary/aromatic N) is 5. The average Bonchev–Trinajstić information content (AvgIpc) is 3.11. The lowest BCUT2D eigenvalue weighted by molar-refractivity contribution is -0.138. The van der Waals surface area contributed by atoms with Crippen molar-refractivity contribution >= 4 is 54.9 Å². The lowest BCUT2D eigenvalue weighted by atomic mass is 10.2. The van der Waals surface area contributed by atoms with Gasteiger partial charge in [0, 0.05) is 28.7 Å². The molecular weight excluding hydrogens is 721 g/mol. The summed E-state index contributed by atoms with van der Waals surface area (Å²) in [6.07, 6.45) is 0.479. The summed E-state index contributed by atoms with van der Waals surface area (Å²) in [5, 5.41) is 46.8. The molecule has 0 unspecified atom stereocenters. The number of hydrogen-bond donors (Lipinski definition) is 8. The van der Waals surface area contributed by atoms with Crippen LogP contribution in [-0.2, 0) is 25.0 Å². The number of guanidine groups is 1. The molecule has 0 aromatic heterocycles. The van der Waals surface area contributed by atoms with Crippen LogP contribution in [0.15, 0.2) is 132 Å². The number of rotatable bonds is 11. The van der Waals surface area contributed by atoms with Gasteiger partial charge in [-0.15, -0.1) is 0 Å². The third kappa shape index (κ3) is 16.3. The number of phenolic OH excluding ortho intramolecular Hbond substituents is 2. The second kappa shape index (κ2) is 20.8. The fraction of sp³-hybridized carbons (Fsp3) is 0.188. The fourth-order valence-corrected chi connectivity index (χ4v) is 4.36. The normalized spacial score (nSPS) is 14.5. The van der Waals surface area contributed by atoms with Gasteiger partial charge in [0.1, 0.15) is 17.5 Å². The maximum Gasteiger partial charge on any atom is 0.320 e. The molecule has 0 spiro atoms. The van der Waals surface area contributed by atoms with Crippen LogP contribution in [0, 0.1) is 0 Å². The zero-order valence-electron chi connectivity index (χ0n) is 32.8. The van der Waals surface area contributed by atoms with Gasteiger partial charge in [0.05, 0.1) is 32.5 Å². The van der Waals surface area contributed by atoms with E-state index in [4.69, 9.17) is 38.4 Å². The molecule has 1 atom stereocenters. The summed E-state index contributed by atoms with van der Waals surface area (Å²) < 4.78 is 103. The Morgan fingerprint density at radius 3 is 1.38 bits per heavy atom. The number of aromatic hydroxyl groups is 2. The molecule has 0 saturated carbocycles. The van der Waals surface area contributed by atoms with Crippen LogP contribution >= 0.6 is 0 Å². The lowest BCUT2D eigenvalue weighted by Crippen LogP contribution is -2.36. The highest BCUT2D eigenvalue weighted by Gasteiger charge is 2.10. The van der Waals surface area contributed by atoms with Crippen molar-refractivity contribution < 1.29 is 54.3 Å². The standard InChI is InChI=1S/2C12H10N2O4S.C8H18N4O2/c2*15-11-5-1-9(2-6-11)13-14-10-3-7-12(8-4-10)19(16,17)18;1-10-8(11-2)12-5-3-4-6(9)7(13)14/h2*1-8,15H,(H,16,17,18);6H,3-5,9H2,1-2H3,(H,13,14)(H2,10,11,12)/t;;6-/m..0/s1/i;;1D3,2D3. The summed E-state index contributed by atoms with van der Waals surface area (Å²) >= 11 is 0. The van der Waals surface area contributed by atoms with Crippen LogP contribution in [0.4, 0.5) is 22.7 Å². The van der Waals surface area contributed by atoms with Crippen molar-refractivity contribution in [1.82, 2.24) is 10.6 Å². The maximum absolute atomic E-state index is 10.8. The Morgan fingerprint density at radius 1 is 0.712 bits per heavy atom. The molecule has 0 fully saturated rings. The van der Waals surface area contributed by atoms with Crippen molar-refractivity contribution in [3.05, 3.63) is 97.1 Å². The van der Waals surface area contributed by atoms with Crippen LogP contribution in [-0.4, -0.2) is 79.7 Å². The van der Waals surface area contributed by atoms with Crippen LogP contribution in [0.2, 0.25) is 0 Å². The smallest absolute Gasteiger partial charge is 0.320 e. The van der Waals surface area contributed by atoms with Crippen molar-refractivity contribution in [2.75, 3.05) is 20.5 Å². The van der Waals surface area contributed by atoms with Gasteiger partial charge < -0.3 is 31.7 Å². The Morgan fingerprint density at radius 2 is 1.08 bits per heavy atom. The number of carbonyl (C=O) groups is 1. The largest absolute Gasteiger partial charge is 0.508 e. The molecular formula is C32H38N8O10S2. The molecule has 52 heavy (non-hydrogen) atoms. The van der Waals surface area contributed by atoms with Crippen molar-refractivity contribution in [1.29, 1.82) is 0 Å². The molecule has 0 radical (unpaired) electrons. The van der Waals surface area contributed by atoms with E-state index in [9.17, 15) is 21.6 Å². The topological polar surface area (TPSA) is 298 Å². The van der Waals surface area contributed by atoms with Crippen molar-refractivity contribution in [2.24, 2.45) is 31.2 Å². The number of hydrogen-bond acceptors (Lipinski definition) is 13. The van der Waals surface area contributed by atoms with Gasteiger partial charge in [0.2, 0.25) is 0 Å². The molecule has 0 saturated heterocycles. The average molecular weight is 765 g/mol. The first-order valence-electron chi connectivity index (χ1n) is 17.5. The SMILES string of the molecule is O=S(=O)(O)c1ccc(N=Nc2ccc(O)cc2)cc1.O=S(=O)(O)c1ccc(N=Nc2ccc(O)cc2)cc1.[2H]C([2H])([2H])N=C(NCCC[C@H](N)C(=O)O)NC([2H])([2H])[2H]. The molecule has 0 aliphatic heterocycles. The van der Waals surface area contributed by atoms with E-state index in [0.29, 0.717) is 29.2 Å². The second-order valence-corrected chi connectivity index (χ2v) is 12.8. The van der Waals surface area contributed by atoms with E-state index in [0.717, 1.165) is 0 Å². The van der Waals surface area contributed by atoms with Crippen LogP contribution in [0.5, 0.6) is 11.5 Å². The number of nitrogens with one attached hydrogen (secondary N) is 2. The molecule has 0 aliphatic carbocycles. The lowest BCUT2D eigenvalue weighted by Gasteiger charge is -2.09. The molecule has 4 aromatic carbocycles. The van der Waals surface area contributed by atoms with Crippen LogP contribution in [0.25, 0.3) is 0 Å². The number of aliphatic imine (C=N–C) groups is 1. The molecule has 278 valence electrons. The molecule has 0 aliphatic rings. The molecule has 0 heterocycles. The van der Waals surface area contributed by atoms with Crippen molar-refractivity contribution in [2.45, 2.75) is 28.7 Å². The van der Waals surface area contributed by atoms with E-state index in [1.54, 1.807) is 24.3 Å². The number of aliphatic carboxylic acids is 1. The maximum atomic E-state index is 10.8. The van der Waals surface area contributed by atoms with Crippen molar-refractivity contribution in [3.63, 3.8) is 0 Å². The number of nitrogens with two attached hydrogens (primary N) is 1. The van der Waals surface area contributed by atoms with Gasteiger partial charge in [-0.1, -0.05) is 0 Å². The summed E-state index contributed by atoms with van der Waals surface area (Å²) in [5.41, 5.74) is 7.28. The Labute approximate surface area is 308 Å².